The predicted molar refractivity (Wildman–Crippen MR) is 144 cm³/mol. The molecule has 0 atom stereocenters. The van der Waals surface area contributed by atoms with E-state index in [-0.39, 0.29) is 24.5 Å². The van der Waals surface area contributed by atoms with Crippen molar-refractivity contribution in [1.29, 1.82) is 5.26 Å². The molecule has 7 heteroatoms. The van der Waals surface area contributed by atoms with Crippen molar-refractivity contribution >= 4 is 29.0 Å². The van der Waals surface area contributed by atoms with Crippen LogP contribution in [-0.4, -0.2) is 34.3 Å². The Hall–Kier alpha value is -3.63. The number of anilines is 1. The minimum absolute atomic E-state index is 0.0307. The van der Waals surface area contributed by atoms with Crippen LogP contribution in [0.5, 0.6) is 0 Å². The number of rotatable bonds is 8. The Morgan fingerprint density at radius 3 is 2.36 bits per heavy atom. The summed E-state index contributed by atoms with van der Waals surface area (Å²) in [5.41, 5.74) is 3.38. The number of aryl methyl sites for hydroxylation is 1. The van der Waals surface area contributed by atoms with Gasteiger partial charge in [0.1, 0.15) is 6.54 Å². The number of benzene rings is 2. The van der Waals surface area contributed by atoms with E-state index in [2.05, 4.69) is 29.8 Å². The Morgan fingerprint density at radius 2 is 1.72 bits per heavy atom. The van der Waals surface area contributed by atoms with E-state index in [0.29, 0.717) is 24.3 Å². The van der Waals surface area contributed by atoms with Crippen molar-refractivity contribution in [2.45, 2.75) is 58.2 Å². The first kappa shape index (κ1) is 25.5. The Balaban J connectivity index is 1.54. The van der Waals surface area contributed by atoms with E-state index < -0.39 is 0 Å². The number of hydrogen-bond donors (Lipinski definition) is 1. The molecule has 1 saturated carbocycles. The minimum atomic E-state index is -0.271. The molecule has 1 heterocycles. The third-order valence-electron chi connectivity index (χ3n) is 6.72. The first-order chi connectivity index (χ1) is 17.5. The fraction of sp³-hybridized carbons (Fsp3) is 0.345. The lowest BCUT2D eigenvalue weighted by atomic mass is 9.94. The highest BCUT2D eigenvalue weighted by atomic mass is 32.1. The zero-order valence-corrected chi connectivity index (χ0v) is 21.5. The number of amides is 3. The molecule has 186 valence electrons. The SMILES string of the molecule is Cc1ccsc1CN(Cc1ccccc1)C(=O)CN(C(=O)Nc1ccc(C#N)cc1)C1CCCCC1. The van der Waals surface area contributed by atoms with E-state index in [1.54, 1.807) is 40.5 Å². The van der Waals surface area contributed by atoms with Gasteiger partial charge in [-0.15, -0.1) is 11.3 Å². The predicted octanol–water partition coefficient (Wildman–Crippen LogP) is 6.32. The normalized spacial score (nSPS) is 13.6. The Morgan fingerprint density at radius 1 is 1.00 bits per heavy atom. The molecular weight excluding hydrogens is 468 g/mol. The second-order valence-electron chi connectivity index (χ2n) is 9.30. The molecular formula is C29H32N4O2S. The van der Waals surface area contributed by atoms with E-state index in [1.807, 2.05) is 35.2 Å². The molecule has 3 aromatic rings. The van der Waals surface area contributed by atoms with Crippen molar-refractivity contribution in [3.05, 3.63) is 87.6 Å². The van der Waals surface area contributed by atoms with Crippen molar-refractivity contribution in [1.82, 2.24) is 9.80 Å². The number of nitriles is 1. The van der Waals surface area contributed by atoms with Gasteiger partial charge in [-0.25, -0.2) is 4.79 Å². The Kier molecular flexibility index (Phi) is 8.75. The van der Waals surface area contributed by atoms with Gasteiger partial charge in [0, 0.05) is 23.2 Å². The van der Waals surface area contributed by atoms with E-state index in [4.69, 9.17) is 5.26 Å². The lowest BCUT2D eigenvalue weighted by Gasteiger charge is -2.35. The molecule has 1 fully saturated rings. The summed E-state index contributed by atoms with van der Waals surface area (Å²) in [4.78, 5) is 31.9. The number of hydrogen-bond acceptors (Lipinski definition) is 4. The lowest BCUT2D eigenvalue weighted by Crippen LogP contribution is -2.49. The molecule has 1 aliphatic carbocycles. The van der Waals surface area contributed by atoms with Crippen molar-refractivity contribution < 1.29 is 9.59 Å². The molecule has 0 bridgehead atoms. The van der Waals surface area contributed by atoms with Crippen LogP contribution in [0.1, 0.15) is 53.7 Å². The summed E-state index contributed by atoms with van der Waals surface area (Å²) in [5, 5.41) is 14.0. The third kappa shape index (κ3) is 6.73. The zero-order valence-electron chi connectivity index (χ0n) is 20.7. The van der Waals surface area contributed by atoms with Gasteiger partial charge < -0.3 is 15.1 Å². The third-order valence-corrected chi connectivity index (χ3v) is 7.73. The highest BCUT2D eigenvalue weighted by molar-refractivity contribution is 7.10. The molecule has 0 spiro atoms. The quantitative estimate of drug-likeness (QED) is 0.393. The van der Waals surface area contributed by atoms with E-state index in [0.717, 1.165) is 42.5 Å². The van der Waals surface area contributed by atoms with Gasteiger partial charge in [0.2, 0.25) is 5.91 Å². The molecule has 4 rings (SSSR count). The first-order valence-electron chi connectivity index (χ1n) is 12.5. The molecule has 36 heavy (non-hydrogen) atoms. The van der Waals surface area contributed by atoms with E-state index >= 15 is 0 Å². The average molecular weight is 501 g/mol. The van der Waals surface area contributed by atoms with Crippen LogP contribution in [0.15, 0.2) is 66.0 Å². The number of carbonyl (C=O) groups excluding carboxylic acids is 2. The number of nitrogens with zero attached hydrogens (tertiary/aromatic N) is 3. The fourth-order valence-electron chi connectivity index (χ4n) is 4.60. The molecule has 0 aliphatic heterocycles. The zero-order chi connectivity index (χ0) is 25.3. The second-order valence-corrected chi connectivity index (χ2v) is 10.3. The number of thiophene rings is 1. The molecule has 1 aromatic heterocycles. The van der Waals surface area contributed by atoms with Gasteiger partial charge in [0.05, 0.1) is 18.2 Å². The molecule has 6 nitrogen and oxygen atoms in total. The molecule has 2 aromatic carbocycles. The number of urea groups is 1. The topological polar surface area (TPSA) is 76.4 Å². The van der Waals surface area contributed by atoms with Gasteiger partial charge in [-0.2, -0.15) is 5.26 Å². The van der Waals surface area contributed by atoms with Crippen LogP contribution in [0.2, 0.25) is 0 Å². The van der Waals surface area contributed by atoms with E-state index in [1.165, 1.54) is 5.56 Å². The fourth-order valence-corrected chi connectivity index (χ4v) is 5.52. The van der Waals surface area contributed by atoms with Gasteiger partial charge in [-0.05, 0) is 66.6 Å². The highest BCUT2D eigenvalue weighted by Gasteiger charge is 2.29. The standard InChI is InChI=1S/C29H32N4O2S/c1-22-16-17-36-27(22)20-32(19-24-8-4-2-5-9-24)28(34)21-33(26-10-6-3-7-11-26)29(35)31-25-14-12-23(18-30)13-15-25/h2,4-5,8-9,12-17,26H,3,6-7,10-11,19-21H2,1H3,(H,31,35). The maximum Gasteiger partial charge on any atom is 0.322 e. The van der Waals surface area contributed by atoms with Crippen LogP contribution in [0.3, 0.4) is 0 Å². The smallest absolute Gasteiger partial charge is 0.322 e. The van der Waals surface area contributed by atoms with Gasteiger partial charge >= 0.3 is 6.03 Å². The van der Waals surface area contributed by atoms with Gasteiger partial charge in [0.25, 0.3) is 0 Å². The Labute approximate surface area is 217 Å². The average Bonchev–Trinajstić information content (AvgIpc) is 3.32. The monoisotopic (exact) mass is 500 g/mol. The maximum atomic E-state index is 13.8. The summed E-state index contributed by atoms with van der Waals surface area (Å²) in [6.45, 7) is 3.11. The molecule has 0 unspecified atom stereocenters. The van der Waals surface area contributed by atoms with Crippen molar-refractivity contribution in [2.75, 3.05) is 11.9 Å². The largest absolute Gasteiger partial charge is 0.332 e. The highest BCUT2D eigenvalue weighted by Crippen LogP contribution is 2.25. The van der Waals surface area contributed by atoms with Crippen molar-refractivity contribution in [2.24, 2.45) is 0 Å². The summed E-state index contributed by atoms with van der Waals surface area (Å²) < 4.78 is 0. The van der Waals surface area contributed by atoms with Gasteiger partial charge in [0.15, 0.2) is 0 Å². The summed E-state index contributed by atoms with van der Waals surface area (Å²) in [6, 6.07) is 20.7. The van der Waals surface area contributed by atoms with Crippen LogP contribution >= 0.6 is 11.3 Å². The lowest BCUT2D eigenvalue weighted by molar-refractivity contribution is -0.133. The summed E-state index contributed by atoms with van der Waals surface area (Å²) in [7, 11) is 0. The molecule has 0 radical (unpaired) electrons. The Bertz CT molecular complexity index is 1190. The van der Waals surface area contributed by atoms with Crippen LogP contribution in [0.4, 0.5) is 10.5 Å². The first-order valence-corrected chi connectivity index (χ1v) is 13.3. The second kappa shape index (κ2) is 12.4. The van der Waals surface area contributed by atoms with Crippen LogP contribution in [0.25, 0.3) is 0 Å². The maximum absolute atomic E-state index is 13.8. The van der Waals surface area contributed by atoms with Gasteiger partial charge in [-0.3, -0.25) is 4.79 Å². The van der Waals surface area contributed by atoms with Crippen LogP contribution in [-0.2, 0) is 17.9 Å². The number of carbonyl (C=O) groups is 2. The van der Waals surface area contributed by atoms with Gasteiger partial charge in [-0.1, -0.05) is 49.6 Å². The summed E-state index contributed by atoms with van der Waals surface area (Å²) >= 11 is 1.65. The summed E-state index contributed by atoms with van der Waals surface area (Å²) in [5.74, 6) is -0.0628. The minimum Gasteiger partial charge on any atom is -0.332 e. The molecule has 3 amide bonds. The molecule has 1 N–H and O–H groups in total. The van der Waals surface area contributed by atoms with Crippen LogP contribution < -0.4 is 5.32 Å². The molecule has 1 aliphatic rings. The summed E-state index contributed by atoms with van der Waals surface area (Å²) in [6.07, 6.45) is 5.07. The van der Waals surface area contributed by atoms with Crippen molar-refractivity contribution in [3.63, 3.8) is 0 Å². The van der Waals surface area contributed by atoms with Crippen LogP contribution in [0, 0.1) is 18.3 Å². The van der Waals surface area contributed by atoms with E-state index in [9.17, 15) is 9.59 Å². The van der Waals surface area contributed by atoms with Crippen molar-refractivity contribution in [3.8, 4) is 6.07 Å². The molecule has 0 saturated heterocycles. The number of nitrogens with one attached hydrogen (secondary N) is 1.